The van der Waals surface area contributed by atoms with Gasteiger partial charge in [-0.3, -0.25) is 9.59 Å². The Morgan fingerprint density at radius 2 is 1.71 bits per heavy atom. The molecule has 0 aliphatic heterocycles. The van der Waals surface area contributed by atoms with Gasteiger partial charge in [0.25, 0.3) is 11.8 Å². The normalized spacial score (nSPS) is 10.2. The van der Waals surface area contributed by atoms with Gasteiger partial charge in [-0.2, -0.15) is 0 Å². The smallest absolute Gasteiger partial charge is 0.255 e. The molecule has 0 heterocycles. The van der Waals surface area contributed by atoms with Crippen molar-refractivity contribution in [1.82, 2.24) is 5.32 Å². The molecule has 0 fully saturated rings. The zero-order chi connectivity index (χ0) is 20.4. The van der Waals surface area contributed by atoms with E-state index in [0.717, 1.165) is 12.8 Å². The van der Waals surface area contributed by atoms with Crippen LogP contribution in [0.2, 0.25) is 0 Å². The quantitative estimate of drug-likeness (QED) is 0.600. The van der Waals surface area contributed by atoms with Crippen LogP contribution in [-0.4, -0.2) is 32.6 Å². The summed E-state index contributed by atoms with van der Waals surface area (Å²) in [4.78, 5) is 24.3. The first-order valence-corrected chi connectivity index (χ1v) is 9.53. The van der Waals surface area contributed by atoms with Crippen molar-refractivity contribution in [2.45, 2.75) is 32.6 Å². The van der Waals surface area contributed by atoms with E-state index in [1.54, 1.807) is 56.6 Å². The summed E-state index contributed by atoms with van der Waals surface area (Å²) in [7, 11) is 3.11. The molecule has 150 valence electrons. The van der Waals surface area contributed by atoms with Crippen molar-refractivity contribution >= 4 is 17.5 Å². The molecular weight excluding hydrogens is 356 g/mol. The Balaban J connectivity index is 2.04. The van der Waals surface area contributed by atoms with Crippen molar-refractivity contribution in [2.24, 2.45) is 0 Å². The number of rotatable bonds is 10. The number of amides is 2. The average molecular weight is 384 g/mol. The first-order valence-electron chi connectivity index (χ1n) is 9.53. The van der Waals surface area contributed by atoms with E-state index in [1.807, 2.05) is 0 Å². The first kappa shape index (κ1) is 21.3. The lowest BCUT2D eigenvalue weighted by Gasteiger charge is -2.12. The van der Waals surface area contributed by atoms with Gasteiger partial charge in [0, 0.05) is 23.9 Å². The number of methoxy groups -OCH3 is 1. The molecular formula is C22H28N2O4. The second-order valence-corrected chi connectivity index (χ2v) is 6.39. The van der Waals surface area contributed by atoms with Crippen molar-refractivity contribution in [2.75, 3.05) is 26.1 Å². The fraction of sp³-hybridized carbons (Fsp3) is 0.364. The predicted molar refractivity (Wildman–Crippen MR) is 110 cm³/mol. The highest BCUT2D eigenvalue weighted by Crippen LogP contribution is 2.28. The highest BCUT2D eigenvalue weighted by Gasteiger charge is 2.12. The Morgan fingerprint density at radius 3 is 2.43 bits per heavy atom. The second-order valence-electron chi connectivity index (χ2n) is 6.39. The maximum Gasteiger partial charge on any atom is 0.255 e. The number of hydrogen-bond donors (Lipinski definition) is 2. The summed E-state index contributed by atoms with van der Waals surface area (Å²) < 4.78 is 11.2. The number of unbranched alkanes of at least 4 members (excludes halogenated alkanes) is 3. The van der Waals surface area contributed by atoms with Gasteiger partial charge in [0.15, 0.2) is 11.5 Å². The maximum atomic E-state index is 12.6. The number of benzene rings is 2. The number of nitrogens with one attached hydrogen (secondary N) is 2. The average Bonchev–Trinajstić information content (AvgIpc) is 2.73. The molecule has 2 amide bonds. The lowest BCUT2D eigenvalue weighted by atomic mass is 10.1. The monoisotopic (exact) mass is 384 g/mol. The van der Waals surface area contributed by atoms with Crippen LogP contribution in [0.15, 0.2) is 42.5 Å². The predicted octanol–water partition coefficient (Wildman–Crippen LogP) is 4.27. The topological polar surface area (TPSA) is 76.7 Å². The summed E-state index contributed by atoms with van der Waals surface area (Å²) in [6.45, 7) is 2.79. The summed E-state index contributed by atoms with van der Waals surface area (Å²) in [5, 5.41) is 5.36. The van der Waals surface area contributed by atoms with E-state index < -0.39 is 0 Å². The fourth-order valence-electron chi connectivity index (χ4n) is 2.72. The van der Waals surface area contributed by atoms with Crippen molar-refractivity contribution in [3.05, 3.63) is 53.6 Å². The molecule has 0 spiro atoms. The summed E-state index contributed by atoms with van der Waals surface area (Å²) in [6, 6.07) is 11.9. The minimum Gasteiger partial charge on any atom is -0.493 e. The number of carbonyl (C=O) groups excluding carboxylic acids is 2. The van der Waals surface area contributed by atoms with Gasteiger partial charge in [-0.15, -0.1) is 0 Å². The van der Waals surface area contributed by atoms with E-state index in [-0.39, 0.29) is 11.8 Å². The van der Waals surface area contributed by atoms with Crippen molar-refractivity contribution in [3.8, 4) is 11.5 Å². The molecule has 0 saturated carbocycles. The van der Waals surface area contributed by atoms with Gasteiger partial charge in [-0.05, 0) is 42.8 Å². The van der Waals surface area contributed by atoms with Gasteiger partial charge < -0.3 is 20.1 Å². The standard InChI is InChI=1S/C22H28N2O4/c1-4-5-6-7-13-28-19-12-11-17(15-20(19)27-3)22(26)24-18-10-8-9-16(14-18)21(25)23-2/h8-12,14-15H,4-7,13H2,1-3H3,(H,23,25)(H,24,26). The Hall–Kier alpha value is -3.02. The van der Waals surface area contributed by atoms with Crippen LogP contribution in [0.5, 0.6) is 11.5 Å². The van der Waals surface area contributed by atoms with E-state index in [0.29, 0.717) is 34.9 Å². The Morgan fingerprint density at radius 1 is 0.929 bits per heavy atom. The summed E-state index contributed by atoms with van der Waals surface area (Å²) in [6.07, 6.45) is 4.50. The number of hydrogen-bond acceptors (Lipinski definition) is 4. The molecule has 2 N–H and O–H groups in total. The second kappa shape index (κ2) is 11.0. The molecule has 28 heavy (non-hydrogen) atoms. The fourth-order valence-corrected chi connectivity index (χ4v) is 2.72. The molecule has 0 atom stereocenters. The van der Waals surface area contributed by atoms with E-state index in [2.05, 4.69) is 17.6 Å². The number of anilines is 1. The lowest BCUT2D eigenvalue weighted by Crippen LogP contribution is -2.18. The Kier molecular flexibility index (Phi) is 8.34. The number of ether oxygens (including phenoxy) is 2. The molecule has 0 aliphatic rings. The van der Waals surface area contributed by atoms with Gasteiger partial charge in [0.2, 0.25) is 0 Å². The van der Waals surface area contributed by atoms with Crippen LogP contribution in [0, 0.1) is 0 Å². The third-order valence-corrected chi connectivity index (χ3v) is 4.29. The Bertz CT molecular complexity index is 805. The molecule has 0 radical (unpaired) electrons. The molecule has 2 aromatic carbocycles. The molecule has 6 nitrogen and oxygen atoms in total. The van der Waals surface area contributed by atoms with E-state index in [1.165, 1.54) is 12.8 Å². The zero-order valence-corrected chi connectivity index (χ0v) is 16.7. The minimum atomic E-state index is -0.290. The van der Waals surface area contributed by atoms with Gasteiger partial charge in [0.1, 0.15) is 0 Å². The third-order valence-electron chi connectivity index (χ3n) is 4.29. The molecule has 0 aliphatic carbocycles. The van der Waals surface area contributed by atoms with Crippen LogP contribution >= 0.6 is 0 Å². The van der Waals surface area contributed by atoms with Crippen LogP contribution in [0.1, 0.15) is 53.3 Å². The molecule has 0 unspecified atom stereocenters. The van der Waals surface area contributed by atoms with Crippen molar-refractivity contribution < 1.29 is 19.1 Å². The van der Waals surface area contributed by atoms with E-state index in [9.17, 15) is 9.59 Å². The zero-order valence-electron chi connectivity index (χ0n) is 16.7. The molecule has 2 aromatic rings. The summed E-state index contributed by atoms with van der Waals surface area (Å²) in [5.41, 5.74) is 1.46. The van der Waals surface area contributed by atoms with Crippen LogP contribution in [-0.2, 0) is 0 Å². The molecule has 0 bridgehead atoms. The SMILES string of the molecule is CCCCCCOc1ccc(C(=O)Nc2cccc(C(=O)NC)c2)cc1OC. The van der Waals surface area contributed by atoms with E-state index in [4.69, 9.17) is 9.47 Å². The van der Waals surface area contributed by atoms with Gasteiger partial charge in [-0.1, -0.05) is 32.3 Å². The van der Waals surface area contributed by atoms with Crippen LogP contribution in [0.4, 0.5) is 5.69 Å². The molecule has 6 heteroatoms. The molecule has 0 saturated heterocycles. The van der Waals surface area contributed by atoms with Gasteiger partial charge in [0.05, 0.1) is 13.7 Å². The van der Waals surface area contributed by atoms with Gasteiger partial charge >= 0.3 is 0 Å². The maximum absolute atomic E-state index is 12.6. The minimum absolute atomic E-state index is 0.210. The summed E-state index contributed by atoms with van der Waals surface area (Å²) >= 11 is 0. The van der Waals surface area contributed by atoms with Crippen molar-refractivity contribution in [3.63, 3.8) is 0 Å². The number of carbonyl (C=O) groups is 2. The van der Waals surface area contributed by atoms with Crippen LogP contribution in [0.25, 0.3) is 0 Å². The van der Waals surface area contributed by atoms with Crippen molar-refractivity contribution in [1.29, 1.82) is 0 Å². The van der Waals surface area contributed by atoms with E-state index >= 15 is 0 Å². The van der Waals surface area contributed by atoms with Crippen LogP contribution in [0.3, 0.4) is 0 Å². The highest BCUT2D eigenvalue weighted by atomic mass is 16.5. The first-order chi connectivity index (χ1) is 13.6. The largest absolute Gasteiger partial charge is 0.493 e. The molecule has 2 rings (SSSR count). The molecule has 0 aromatic heterocycles. The summed E-state index contributed by atoms with van der Waals surface area (Å²) in [5.74, 6) is 0.638. The third kappa shape index (κ3) is 6.01. The van der Waals surface area contributed by atoms with Crippen LogP contribution < -0.4 is 20.1 Å². The Labute approximate surface area is 166 Å². The lowest BCUT2D eigenvalue weighted by molar-refractivity contribution is 0.0961. The van der Waals surface area contributed by atoms with Gasteiger partial charge in [-0.25, -0.2) is 0 Å². The highest BCUT2D eigenvalue weighted by molar-refractivity contribution is 6.05.